The lowest BCUT2D eigenvalue weighted by atomic mass is 10.1. The van der Waals surface area contributed by atoms with Crippen molar-refractivity contribution in [1.82, 2.24) is 24.7 Å². The van der Waals surface area contributed by atoms with E-state index in [1.165, 1.54) is 7.11 Å². The Morgan fingerprint density at radius 2 is 2.04 bits per heavy atom. The minimum Gasteiger partial charge on any atom is -0.495 e. The van der Waals surface area contributed by atoms with Gasteiger partial charge in [0.2, 0.25) is 0 Å². The van der Waals surface area contributed by atoms with Crippen molar-refractivity contribution in [2.24, 2.45) is 7.05 Å². The zero-order valence-corrected chi connectivity index (χ0v) is 15.5. The van der Waals surface area contributed by atoms with Gasteiger partial charge in [0.05, 0.1) is 31.0 Å². The molecule has 3 aromatic heterocycles. The minimum absolute atomic E-state index is 0.408. The smallest absolute Gasteiger partial charge is 0.338 e. The second-order valence-corrected chi connectivity index (χ2v) is 6.17. The average Bonchev–Trinajstić information content (AvgIpc) is 3.25. The summed E-state index contributed by atoms with van der Waals surface area (Å²) in [6.07, 6.45) is 2.59. The molecule has 0 radical (unpaired) electrons. The maximum atomic E-state index is 12.0. The fraction of sp³-hybridized carbons (Fsp3) is 0.263. The molecule has 0 saturated heterocycles. The van der Waals surface area contributed by atoms with Crippen LogP contribution in [0.1, 0.15) is 23.0 Å². The van der Waals surface area contributed by atoms with Crippen LogP contribution in [0.5, 0.6) is 5.75 Å². The van der Waals surface area contributed by atoms with Crippen molar-refractivity contribution >= 4 is 27.9 Å². The first-order valence-corrected chi connectivity index (χ1v) is 8.53. The van der Waals surface area contributed by atoms with Crippen LogP contribution in [0.3, 0.4) is 0 Å². The molecule has 1 N–H and O–H groups in total. The van der Waals surface area contributed by atoms with Gasteiger partial charge in [-0.05, 0) is 24.6 Å². The Hall–Kier alpha value is -3.42. The van der Waals surface area contributed by atoms with Crippen LogP contribution in [0.25, 0.3) is 33.5 Å². The summed E-state index contributed by atoms with van der Waals surface area (Å²) in [7, 11) is 4.78. The number of aromatic amines is 1. The van der Waals surface area contributed by atoms with Gasteiger partial charge in [-0.1, -0.05) is 6.92 Å². The van der Waals surface area contributed by atoms with Gasteiger partial charge in [0.1, 0.15) is 17.1 Å². The van der Waals surface area contributed by atoms with Crippen molar-refractivity contribution in [1.29, 1.82) is 0 Å². The third-order valence-corrected chi connectivity index (χ3v) is 4.59. The number of ether oxygens (including phenoxy) is 2. The number of hydrogen-bond donors (Lipinski definition) is 1. The zero-order chi connectivity index (χ0) is 19.1. The summed E-state index contributed by atoms with van der Waals surface area (Å²) in [5.41, 5.74) is 3.65. The highest BCUT2D eigenvalue weighted by atomic mass is 16.5. The number of fused-ring (bicyclic) bond motifs is 3. The van der Waals surface area contributed by atoms with Crippen molar-refractivity contribution in [3.8, 4) is 17.3 Å². The molecule has 0 unspecified atom stereocenters. The van der Waals surface area contributed by atoms with Gasteiger partial charge in [-0.2, -0.15) is 5.10 Å². The van der Waals surface area contributed by atoms with Crippen LogP contribution in [-0.2, 0) is 18.2 Å². The number of nitrogens with one attached hydrogen (secondary N) is 1. The molecule has 3 heterocycles. The number of methoxy groups -OCH3 is 2. The molecule has 8 nitrogen and oxygen atoms in total. The van der Waals surface area contributed by atoms with E-state index < -0.39 is 5.97 Å². The molecule has 0 atom stereocenters. The Morgan fingerprint density at radius 3 is 2.70 bits per heavy atom. The number of rotatable bonds is 4. The van der Waals surface area contributed by atoms with E-state index in [4.69, 9.17) is 9.47 Å². The van der Waals surface area contributed by atoms with Gasteiger partial charge in [0, 0.05) is 24.0 Å². The van der Waals surface area contributed by atoms with Crippen molar-refractivity contribution in [3.05, 3.63) is 35.7 Å². The number of aryl methyl sites for hydroxylation is 2. The maximum absolute atomic E-state index is 12.0. The van der Waals surface area contributed by atoms with Crippen LogP contribution < -0.4 is 4.74 Å². The van der Waals surface area contributed by atoms with Crippen LogP contribution in [0.15, 0.2) is 24.4 Å². The lowest BCUT2D eigenvalue weighted by molar-refractivity contribution is 0.0600. The lowest BCUT2D eigenvalue weighted by Gasteiger charge is -2.05. The van der Waals surface area contributed by atoms with Crippen LogP contribution in [-0.4, -0.2) is 44.9 Å². The highest BCUT2D eigenvalue weighted by Crippen LogP contribution is 2.33. The lowest BCUT2D eigenvalue weighted by Crippen LogP contribution is -2.01. The molecular formula is C19H19N5O3. The number of carbonyl (C=O) groups is 1. The molecular weight excluding hydrogens is 346 g/mol. The molecule has 0 amide bonds. The first-order valence-electron chi connectivity index (χ1n) is 8.53. The summed E-state index contributed by atoms with van der Waals surface area (Å²) in [6, 6.07) is 5.39. The van der Waals surface area contributed by atoms with Gasteiger partial charge < -0.3 is 14.5 Å². The molecule has 4 rings (SSSR count). The highest BCUT2D eigenvalue weighted by molar-refractivity contribution is 6.10. The van der Waals surface area contributed by atoms with E-state index in [-0.39, 0.29) is 0 Å². The second-order valence-electron chi connectivity index (χ2n) is 6.17. The molecule has 0 fully saturated rings. The molecule has 4 aromatic rings. The van der Waals surface area contributed by atoms with E-state index >= 15 is 0 Å². The monoisotopic (exact) mass is 365 g/mol. The number of hydrogen-bond acceptors (Lipinski definition) is 6. The topological polar surface area (TPSA) is 94.9 Å². The molecule has 0 aliphatic rings. The quantitative estimate of drug-likeness (QED) is 0.559. The molecule has 0 bridgehead atoms. The van der Waals surface area contributed by atoms with E-state index in [2.05, 4.69) is 27.0 Å². The van der Waals surface area contributed by atoms with E-state index in [1.54, 1.807) is 30.1 Å². The summed E-state index contributed by atoms with van der Waals surface area (Å²) < 4.78 is 12.0. The number of esters is 1. The molecule has 138 valence electrons. The molecule has 1 aromatic carbocycles. The Labute approximate surface area is 155 Å². The molecule has 0 aliphatic heterocycles. The Bertz CT molecular complexity index is 1180. The van der Waals surface area contributed by atoms with Crippen molar-refractivity contribution in [3.63, 3.8) is 0 Å². The average molecular weight is 365 g/mol. The first-order chi connectivity index (χ1) is 13.0. The predicted molar refractivity (Wildman–Crippen MR) is 101 cm³/mol. The van der Waals surface area contributed by atoms with Gasteiger partial charge in [0.25, 0.3) is 0 Å². The summed E-state index contributed by atoms with van der Waals surface area (Å²) >= 11 is 0. The summed E-state index contributed by atoms with van der Waals surface area (Å²) in [6.45, 7) is 2.05. The third-order valence-electron chi connectivity index (χ3n) is 4.59. The fourth-order valence-electron chi connectivity index (χ4n) is 3.18. The van der Waals surface area contributed by atoms with Gasteiger partial charge in [0.15, 0.2) is 5.82 Å². The van der Waals surface area contributed by atoms with Gasteiger partial charge in [-0.25, -0.2) is 14.8 Å². The minimum atomic E-state index is -0.427. The van der Waals surface area contributed by atoms with Crippen molar-refractivity contribution < 1.29 is 14.3 Å². The second kappa shape index (κ2) is 6.39. The number of H-pyrrole nitrogens is 1. The van der Waals surface area contributed by atoms with Crippen LogP contribution in [0.2, 0.25) is 0 Å². The number of carbonyl (C=O) groups excluding carboxylic acids is 1. The Kier molecular flexibility index (Phi) is 4.02. The molecule has 0 saturated carbocycles. The normalized spacial score (nSPS) is 11.3. The Morgan fingerprint density at radius 1 is 1.22 bits per heavy atom. The zero-order valence-electron chi connectivity index (χ0n) is 15.5. The largest absolute Gasteiger partial charge is 0.495 e. The highest BCUT2D eigenvalue weighted by Gasteiger charge is 2.17. The van der Waals surface area contributed by atoms with Crippen LogP contribution in [0.4, 0.5) is 0 Å². The molecule has 8 heteroatoms. The third kappa shape index (κ3) is 2.69. The van der Waals surface area contributed by atoms with Gasteiger partial charge in [-0.15, -0.1) is 0 Å². The van der Waals surface area contributed by atoms with Crippen molar-refractivity contribution in [2.45, 2.75) is 13.3 Å². The maximum Gasteiger partial charge on any atom is 0.338 e. The summed E-state index contributed by atoms with van der Waals surface area (Å²) in [4.78, 5) is 24.4. The Balaban J connectivity index is 1.93. The van der Waals surface area contributed by atoms with E-state index in [0.717, 1.165) is 34.1 Å². The molecule has 0 spiro atoms. The van der Waals surface area contributed by atoms with E-state index in [0.29, 0.717) is 22.8 Å². The van der Waals surface area contributed by atoms with Crippen molar-refractivity contribution in [2.75, 3.05) is 14.2 Å². The standard InChI is InChI=1S/C19H19N5O3/c1-5-11-8-14(24(2)23-11)18-20-9-13-12-6-10(19(25)27-4)7-15(26-3)16(12)21-17(13)22-18/h6-9H,5H2,1-4H3,(H,20,21,22). The number of nitrogens with zero attached hydrogens (tertiary/aromatic N) is 4. The van der Waals surface area contributed by atoms with Gasteiger partial charge >= 0.3 is 5.97 Å². The molecule has 27 heavy (non-hydrogen) atoms. The van der Waals surface area contributed by atoms with Gasteiger partial charge in [-0.3, -0.25) is 4.68 Å². The predicted octanol–water partition coefficient (Wildman–Crippen LogP) is 2.87. The van der Waals surface area contributed by atoms with Crippen LogP contribution >= 0.6 is 0 Å². The van der Waals surface area contributed by atoms with Crippen LogP contribution in [0, 0.1) is 0 Å². The van der Waals surface area contributed by atoms with E-state index in [1.807, 2.05) is 13.1 Å². The summed E-state index contributed by atoms with van der Waals surface area (Å²) in [5, 5.41) is 6.05. The summed E-state index contributed by atoms with van der Waals surface area (Å²) in [5.74, 6) is 0.696. The fourth-order valence-corrected chi connectivity index (χ4v) is 3.18. The number of aromatic nitrogens is 5. The number of benzene rings is 1. The van der Waals surface area contributed by atoms with E-state index in [9.17, 15) is 4.79 Å². The first kappa shape index (κ1) is 17.0. The molecule has 0 aliphatic carbocycles. The SMILES string of the molecule is CCc1cc(-c2ncc3c(n2)[nH]c2c(OC)cc(C(=O)OC)cc23)n(C)n1.